The van der Waals surface area contributed by atoms with Gasteiger partial charge in [-0.15, -0.1) is 0 Å². The van der Waals surface area contributed by atoms with Crippen molar-refractivity contribution in [1.29, 1.82) is 0 Å². The van der Waals surface area contributed by atoms with Crippen LogP contribution < -0.4 is 10.1 Å². The molecule has 2 aromatic rings. The van der Waals surface area contributed by atoms with E-state index in [0.29, 0.717) is 12.2 Å². The lowest BCUT2D eigenvalue weighted by Gasteiger charge is -2.13. The number of carbonyl (C=O) groups excluding carboxylic acids is 1. The van der Waals surface area contributed by atoms with Crippen LogP contribution in [0, 0.1) is 0 Å². The van der Waals surface area contributed by atoms with Crippen LogP contribution in [0.2, 0.25) is 0 Å². The molecule has 3 rings (SSSR count). The number of anilines is 1. The molecule has 0 aromatic heterocycles. The molecule has 1 aliphatic heterocycles. The zero-order valence-electron chi connectivity index (χ0n) is 12.6. The SMILES string of the molecule is O=C(Nc1ccccc1)c1ccc(OCC2CCCO2)c(Br)c1. The van der Waals surface area contributed by atoms with Crippen LogP contribution in [-0.4, -0.2) is 25.2 Å². The van der Waals surface area contributed by atoms with Crippen LogP contribution in [-0.2, 0) is 4.74 Å². The molecule has 5 heteroatoms. The van der Waals surface area contributed by atoms with Crippen LogP contribution in [0.5, 0.6) is 5.75 Å². The summed E-state index contributed by atoms with van der Waals surface area (Å²) in [6, 6.07) is 14.7. The fourth-order valence-corrected chi connectivity index (χ4v) is 2.94. The van der Waals surface area contributed by atoms with E-state index in [2.05, 4.69) is 21.2 Å². The summed E-state index contributed by atoms with van der Waals surface area (Å²) >= 11 is 3.46. The van der Waals surface area contributed by atoms with Crippen molar-refractivity contribution in [3.63, 3.8) is 0 Å². The largest absolute Gasteiger partial charge is 0.490 e. The lowest BCUT2D eigenvalue weighted by Crippen LogP contribution is -2.16. The summed E-state index contributed by atoms with van der Waals surface area (Å²) in [6.45, 7) is 1.35. The van der Waals surface area contributed by atoms with Crippen molar-refractivity contribution in [1.82, 2.24) is 0 Å². The molecule has 1 N–H and O–H groups in total. The molecular weight excluding hydrogens is 358 g/mol. The molecule has 0 aliphatic carbocycles. The second-order valence-electron chi connectivity index (χ2n) is 5.41. The van der Waals surface area contributed by atoms with Crippen molar-refractivity contribution in [2.75, 3.05) is 18.5 Å². The third-order valence-electron chi connectivity index (χ3n) is 3.67. The van der Waals surface area contributed by atoms with Crippen LogP contribution >= 0.6 is 15.9 Å². The molecule has 1 aliphatic rings. The molecule has 1 heterocycles. The third-order valence-corrected chi connectivity index (χ3v) is 4.29. The van der Waals surface area contributed by atoms with E-state index in [-0.39, 0.29) is 12.0 Å². The maximum atomic E-state index is 12.3. The Labute approximate surface area is 143 Å². The fourth-order valence-electron chi connectivity index (χ4n) is 2.44. The Morgan fingerprint density at radius 2 is 2.09 bits per heavy atom. The second kappa shape index (κ2) is 7.62. The van der Waals surface area contributed by atoms with E-state index >= 15 is 0 Å². The van der Waals surface area contributed by atoms with Crippen molar-refractivity contribution in [3.05, 3.63) is 58.6 Å². The smallest absolute Gasteiger partial charge is 0.255 e. The molecule has 2 aromatic carbocycles. The van der Waals surface area contributed by atoms with Gasteiger partial charge in [0.15, 0.2) is 0 Å². The first-order valence-corrected chi connectivity index (χ1v) is 8.42. The van der Waals surface area contributed by atoms with E-state index < -0.39 is 0 Å². The van der Waals surface area contributed by atoms with Gasteiger partial charge in [0.2, 0.25) is 0 Å². The highest BCUT2D eigenvalue weighted by Gasteiger charge is 2.17. The number of ether oxygens (including phenoxy) is 2. The Balaban J connectivity index is 1.62. The molecule has 1 atom stereocenters. The summed E-state index contributed by atoms with van der Waals surface area (Å²) in [5.74, 6) is 0.569. The van der Waals surface area contributed by atoms with E-state index in [1.165, 1.54) is 0 Å². The van der Waals surface area contributed by atoms with Crippen LogP contribution in [0.4, 0.5) is 5.69 Å². The fraction of sp³-hybridized carbons (Fsp3) is 0.278. The predicted octanol–water partition coefficient (Wildman–Crippen LogP) is 4.26. The Morgan fingerprint density at radius 3 is 2.78 bits per heavy atom. The summed E-state index contributed by atoms with van der Waals surface area (Å²) in [5, 5.41) is 2.86. The van der Waals surface area contributed by atoms with Crippen LogP contribution in [0.15, 0.2) is 53.0 Å². The highest BCUT2D eigenvalue weighted by atomic mass is 79.9. The molecule has 120 valence electrons. The standard InChI is InChI=1S/C18H18BrNO3/c19-16-11-13(18(21)20-14-5-2-1-3-6-14)8-9-17(16)23-12-15-7-4-10-22-15/h1-3,5-6,8-9,11,15H,4,7,10,12H2,(H,20,21). The molecule has 0 saturated carbocycles. The predicted molar refractivity (Wildman–Crippen MR) is 93.0 cm³/mol. The Bertz CT molecular complexity index is 669. The number of nitrogens with one attached hydrogen (secondary N) is 1. The van der Waals surface area contributed by atoms with Crippen LogP contribution in [0.3, 0.4) is 0 Å². The van der Waals surface area contributed by atoms with E-state index in [4.69, 9.17) is 9.47 Å². The third kappa shape index (κ3) is 4.33. The number of rotatable bonds is 5. The Morgan fingerprint density at radius 1 is 1.26 bits per heavy atom. The van der Waals surface area contributed by atoms with Crippen molar-refractivity contribution >= 4 is 27.5 Å². The number of carbonyl (C=O) groups is 1. The van der Waals surface area contributed by atoms with Crippen molar-refractivity contribution < 1.29 is 14.3 Å². The van der Waals surface area contributed by atoms with Gasteiger partial charge >= 0.3 is 0 Å². The summed E-state index contributed by atoms with van der Waals surface area (Å²) < 4.78 is 12.1. The average molecular weight is 376 g/mol. The van der Waals surface area contributed by atoms with Gasteiger partial charge in [0.05, 0.1) is 10.6 Å². The molecule has 0 bridgehead atoms. The molecule has 0 spiro atoms. The highest BCUT2D eigenvalue weighted by Crippen LogP contribution is 2.27. The van der Waals surface area contributed by atoms with E-state index in [1.807, 2.05) is 30.3 Å². The molecule has 1 fully saturated rings. The molecule has 1 unspecified atom stereocenters. The summed E-state index contributed by atoms with van der Waals surface area (Å²) in [5.41, 5.74) is 1.34. The molecule has 1 amide bonds. The molecular formula is C18H18BrNO3. The van der Waals surface area contributed by atoms with Crippen molar-refractivity contribution in [3.8, 4) is 5.75 Å². The summed E-state index contributed by atoms with van der Waals surface area (Å²) in [7, 11) is 0. The first kappa shape index (κ1) is 16.0. The van der Waals surface area contributed by atoms with Gasteiger partial charge in [-0.2, -0.15) is 0 Å². The lowest BCUT2D eigenvalue weighted by atomic mass is 10.2. The molecule has 1 saturated heterocycles. The van der Waals surface area contributed by atoms with Crippen LogP contribution in [0.1, 0.15) is 23.2 Å². The van der Waals surface area contributed by atoms with Gasteiger partial charge in [-0.05, 0) is 59.1 Å². The minimum absolute atomic E-state index is 0.150. The average Bonchev–Trinajstić information content (AvgIpc) is 3.08. The van der Waals surface area contributed by atoms with Crippen molar-refractivity contribution in [2.45, 2.75) is 18.9 Å². The minimum atomic E-state index is -0.150. The summed E-state index contributed by atoms with van der Waals surface area (Å²) in [6.07, 6.45) is 2.30. The van der Waals surface area contributed by atoms with E-state index in [0.717, 1.165) is 35.4 Å². The minimum Gasteiger partial charge on any atom is -0.490 e. The second-order valence-corrected chi connectivity index (χ2v) is 6.27. The topological polar surface area (TPSA) is 47.6 Å². The Kier molecular flexibility index (Phi) is 5.31. The first-order chi connectivity index (χ1) is 11.2. The number of halogens is 1. The molecule has 4 nitrogen and oxygen atoms in total. The number of amides is 1. The number of benzene rings is 2. The van der Waals surface area contributed by atoms with Gasteiger partial charge < -0.3 is 14.8 Å². The van der Waals surface area contributed by atoms with Gasteiger partial charge in [-0.25, -0.2) is 0 Å². The Hall–Kier alpha value is -1.85. The van der Waals surface area contributed by atoms with E-state index in [1.54, 1.807) is 18.2 Å². The normalized spacial score (nSPS) is 17.0. The zero-order chi connectivity index (χ0) is 16.1. The van der Waals surface area contributed by atoms with E-state index in [9.17, 15) is 4.79 Å². The number of hydrogen-bond acceptors (Lipinski definition) is 3. The highest BCUT2D eigenvalue weighted by molar-refractivity contribution is 9.10. The van der Waals surface area contributed by atoms with Gasteiger partial charge in [-0.1, -0.05) is 18.2 Å². The quantitative estimate of drug-likeness (QED) is 0.848. The van der Waals surface area contributed by atoms with Gasteiger partial charge in [0, 0.05) is 17.9 Å². The maximum absolute atomic E-state index is 12.3. The van der Waals surface area contributed by atoms with Crippen LogP contribution in [0.25, 0.3) is 0 Å². The number of hydrogen-bond donors (Lipinski definition) is 1. The monoisotopic (exact) mass is 375 g/mol. The lowest BCUT2D eigenvalue weighted by molar-refractivity contribution is 0.0677. The number of para-hydroxylation sites is 1. The first-order valence-electron chi connectivity index (χ1n) is 7.63. The van der Waals surface area contributed by atoms with Gasteiger partial charge in [-0.3, -0.25) is 4.79 Å². The molecule has 23 heavy (non-hydrogen) atoms. The maximum Gasteiger partial charge on any atom is 0.255 e. The van der Waals surface area contributed by atoms with Gasteiger partial charge in [0.25, 0.3) is 5.91 Å². The van der Waals surface area contributed by atoms with Crippen molar-refractivity contribution in [2.24, 2.45) is 0 Å². The zero-order valence-corrected chi connectivity index (χ0v) is 14.2. The summed E-state index contributed by atoms with van der Waals surface area (Å²) in [4.78, 5) is 12.3. The molecule has 0 radical (unpaired) electrons. The van der Waals surface area contributed by atoms with Gasteiger partial charge in [0.1, 0.15) is 12.4 Å².